The minimum absolute atomic E-state index is 0.0629. The lowest BCUT2D eigenvalue weighted by Crippen LogP contribution is -2.28. The second-order valence-electron chi connectivity index (χ2n) is 5.51. The quantitative estimate of drug-likeness (QED) is 0.846. The average molecular weight is 332 g/mol. The zero-order valence-electron chi connectivity index (χ0n) is 13.3. The molecule has 5 nitrogen and oxygen atoms in total. The molecule has 6 heteroatoms. The Morgan fingerprint density at radius 1 is 1.26 bits per heavy atom. The first kappa shape index (κ1) is 17.1. The zero-order chi connectivity index (χ0) is 16.8. The van der Waals surface area contributed by atoms with Gasteiger partial charge in [0.2, 0.25) is 0 Å². The Kier molecular flexibility index (Phi) is 5.87. The third kappa shape index (κ3) is 5.17. The number of carbonyl (C=O) groups is 2. The van der Waals surface area contributed by atoms with Crippen LogP contribution in [0.5, 0.6) is 0 Å². The smallest absolute Gasteiger partial charge is 0.303 e. The summed E-state index contributed by atoms with van der Waals surface area (Å²) in [6.45, 7) is 2.46. The molecule has 0 unspecified atom stereocenters. The van der Waals surface area contributed by atoms with E-state index in [1.165, 1.54) is 27.4 Å². The van der Waals surface area contributed by atoms with Crippen molar-refractivity contribution in [3.63, 3.8) is 0 Å². The van der Waals surface area contributed by atoms with Crippen molar-refractivity contribution >= 4 is 23.2 Å². The van der Waals surface area contributed by atoms with E-state index in [1.54, 1.807) is 12.4 Å². The number of aromatic nitrogens is 1. The second kappa shape index (κ2) is 7.87. The van der Waals surface area contributed by atoms with E-state index in [-0.39, 0.29) is 12.3 Å². The SMILES string of the molecule is Cc1ccc(Cc2nc(C(=O)N(C)CCCC(=O)O)cs2)cc1. The first-order valence-corrected chi connectivity index (χ1v) is 8.31. The highest BCUT2D eigenvalue weighted by molar-refractivity contribution is 7.09. The predicted octanol–water partition coefficient (Wildman–Crippen LogP) is 2.98. The number of amides is 1. The average Bonchev–Trinajstić information content (AvgIpc) is 2.97. The van der Waals surface area contributed by atoms with Crippen molar-refractivity contribution in [1.29, 1.82) is 0 Å². The van der Waals surface area contributed by atoms with Gasteiger partial charge in [-0.15, -0.1) is 11.3 Å². The highest BCUT2D eigenvalue weighted by atomic mass is 32.1. The maximum absolute atomic E-state index is 12.3. The van der Waals surface area contributed by atoms with Crippen LogP contribution in [0.25, 0.3) is 0 Å². The van der Waals surface area contributed by atoms with E-state index < -0.39 is 5.97 Å². The van der Waals surface area contributed by atoms with Crippen LogP contribution in [-0.2, 0) is 11.2 Å². The van der Waals surface area contributed by atoms with Gasteiger partial charge >= 0.3 is 5.97 Å². The van der Waals surface area contributed by atoms with Gasteiger partial charge in [0.25, 0.3) is 5.91 Å². The lowest BCUT2D eigenvalue weighted by Gasteiger charge is -2.14. The number of rotatable bonds is 7. The molecular weight excluding hydrogens is 312 g/mol. The van der Waals surface area contributed by atoms with Gasteiger partial charge in [-0.1, -0.05) is 29.8 Å². The molecule has 2 rings (SSSR count). The summed E-state index contributed by atoms with van der Waals surface area (Å²) in [5, 5.41) is 11.3. The van der Waals surface area contributed by atoms with Crippen molar-refractivity contribution in [3.05, 3.63) is 51.5 Å². The maximum Gasteiger partial charge on any atom is 0.303 e. The van der Waals surface area contributed by atoms with Gasteiger partial charge in [0.05, 0.1) is 5.01 Å². The molecule has 0 spiro atoms. The first-order valence-electron chi connectivity index (χ1n) is 7.43. The van der Waals surface area contributed by atoms with Gasteiger partial charge in [-0.2, -0.15) is 0 Å². The number of thiazole rings is 1. The van der Waals surface area contributed by atoms with Crippen LogP contribution in [-0.4, -0.2) is 40.5 Å². The van der Waals surface area contributed by atoms with E-state index in [9.17, 15) is 9.59 Å². The molecule has 0 aliphatic rings. The number of aliphatic carboxylic acids is 1. The molecule has 1 aromatic heterocycles. The van der Waals surface area contributed by atoms with Crippen molar-refractivity contribution in [2.24, 2.45) is 0 Å². The fraction of sp³-hybridized carbons (Fsp3) is 0.353. The monoisotopic (exact) mass is 332 g/mol. The van der Waals surface area contributed by atoms with E-state index in [2.05, 4.69) is 29.2 Å². The lowest BCUT2D eigenvalue weighted by atomic mass is 10.1. The summed E-state index contributed by atoms with van der Waals surface area (Å²) >= 11 is 1.47. The molecule has 0 aliphatic carbocycles. The number of hydrogen-bond donors (Lipinski definition) is 1. The van der Waals surface area contributed by atoms with E-state index in [0.717, 1.165) is 5.01 Å². The number of nitrogens with zero attached hydrogens (tertiary/aromatic N) is 2. The number of carboxylic acids is 1. The highest BCUT2D eigenvalue weighted by Gasteiger charge is 2.15. The molecule has 0 aliphatic heterocycles. The van der Waals surface area contributed by atoms with Crippen LogP contribution >= 0.6 is 11.3 Å². The Morgan fingerprint density at radius 3 is 2.61 bits per heavy atom. The topological polar surface area (TPSA) is 70.5 Å². The second-order valence-corrected chi connectivity index (χ2v) is 6.46. The normalized spacial score (nSPS) is 10.5. The van der Waals surface area contributed by atoms with Crippen LogP contribution in [0.15, 0.2) is 29.6 Å². The summed E-state index contributed by atoms with van der Waals surface area (Å²) < 4.78 is 0. The van der Waals surface area contributed by atoms with Gasteiger partial charge in [-0.05, 0) is 18.9 Å². The Labute approximate surface area is 139 Å². The largest absolute Gasteiger partial charge is 0.481 e. The summed E-state index contributed by atoms with van der Waals surface area (Å²) in [5.41, 5.74) is 2.81. The fourth-order valence-corrected chi connectivity index (χ4v) is 2.94. The summed E-state index contributed by atoms with van der Waals surface area (Å²) in [6, 6.07) is 8.25. The molecule has 0 saturated heterocycles. The third-order valence-corrected chi connectivity index (χ3v) is 4.33. The minimum Gasteiger partial charge on any atom is -0.481 e. The van der Waals surface area contributed by atoms with Gasteiger partial charge in [0.1, 0.15) is 5.69 Å². The predicted molar refractivity (Wildman–Crippen MR) is 89.9 cm³/mol. The maximum atomic E-state index is 12.3. The molecule has 2 aromatic rings. The first-order chi connectivity index (χ1) is 11.0. The standard InChI is InChI=1S/C17H20N2O3S/c1-12-5-7-13(8-6-12)10-15-18-14(11-23-15)17(22)19(2)9-3-4-16(20)21/h5-8,11H,3-4,9-10H2,1-2H3,(H,20,21). The molecule has 1 N–H and O–H groups in total. The van der Waals surface area contributed by atoms with Crippen molar-refractivity contribution in [2.75, 3.05) is 13.6 Å². The minimum atomic E-state index is -0.847. The fourth-order valence-electron chi connectivity index (χ4n) is 2.14. The Bertz CT molecular complexity index is 679. The van der Waals surface area contributed by atoms with Crippen molar-refractivity contribution in [2.45, 2.75) is 26.2 Å². The van der Waals surface area contributed by atoms with Gasteiger partial charge < -0.3 is 10.0 Å². The van der Waals surface area contributed by atoms with Crippen LogP contribution in [0.4, 0.5) is 0 Å². The number of carbonyl (C=O) groups excluding carboxylic acids is 1. The molecule has 1 heterocycles. The summed E-state index contributed by atoms with van der Waals surface area (Å²) in [4.78, 5) is 28.7. The van der Waals surface area contributed by atoms with Crippen molar-refractivity contribution in [1.82, 2.24) is 9.88 Å². The molecule has 1 aromatic carbocycles. The van der Waals surface area contributed by atoms with E-state index >= 15 is 0 Å². The number of benzene rings is 1. The lowest BCUT2D eigenvalue weighted by molar-refractivity contribution is -0.137. The van der Waals surface area contributed by atoms with E-state index in [0.29, 0.717) is 25.1 Å². The summed E-state index contributed by atoms with van der Waals surface area (Å²) in [5.74, 6) is -1.01. The molecule has 23 heavy (non-hydrogen) atoms. The van der Waals surface area contributed by atoms with Crippen molar-refractivity contribution < 1.29 is 14.7 Å². The Balaban J connectivity index is 1.93. The summed E-state index contributed by atoms with van der Waals surface area (Å²) in [6.07, 6.45) is 1.21. The zero-order valence-corrected chi connectivity index (χ0v) is 14.1. The van der Waals surface area contributed by atoms with Crippen LogP contribution in [0.1, 0.15) is 39.5 Å². The highest BCUT2D eigenvalue weighted by Crippen LogP contribution is 2.16. The molecule has 0 saturated carbocycles. The van der Waals surface area contributed by atoms with Crippen LogP contribution in [0.3, 0.4) is 0 Å². The van der Waals surface area contributed by atoms with Gasteiger partial charge in [-0.25, -0.2) is 4.98 Å². The number of hydrogen-bond acceptors (Lipinski definition) is 4. The molecule has 0 bridgehead atoms. The molecule has 0 radical (unpaired) electrons. The summed E-state index contributed by atoms with van der Waals surface area (Å²) in [7, 11) is 1.67. The van der Waals surface area contributed by atoms with Crippen LogP contribution in [0.2, 0.25) is 0 Å². The molecule has 122 valence electrons. The number of carboxylic acid groups (broad SMARTS) is 1. The Morgan fingerprint density at radius 2 is 1.96 bits per heavy atom. The number of aryl methyl sites for hydroxylation is 1. The Hall–Kier alpha value is -2.21. The van der Waals surface area contributed by atoms with Crippen LogP contribution in [0, 0.1) is 6.92 Å². The van der Waals surface area contributed by atoms with E-state index in [1.807, 2.05) is 6.92 Å². The van der Waals surface area contributed by atoms with Crippen molar-refractivity contribution in [3.8, 4) is 0 Å². The molecule has 0 fully saturated rings. The van der Waals surface area contributed by atoms with Gasteiger partial charge in [0.15, 0.2) is 0 Å². The molecular formula is C17H20N2O3S. The van der Waals surface area contributed by atoms with E-state index in [4.69, 9.17) is 5.11 Å². The van der Waals surface area contributed by atoms with Gasteiger partial charge in [-0.3, -0.25) is 9.59 Å². The molecule has 0 atom stereocenters. The third-order valence-electron chi connectivity index (χ3n) is 3.48. The molecule has 1 amide bonds. The van der Waals surface area contributed by atoms with Crippen LogP contribution < -0.4 is 0 Å². The van der Waals surface area contributed by atoms with Gasteiger partial charge in [0, 0.05) is 31.8 Å².